The average Bonchev–Trinajstić information content (AvgIpc) is 2.85. The van der Waals surface area contributed by atoms with Crippen molar-refractivity contribution in [1.82, 2.24) is 0 Å². The number of carbonyl (C=O) groups is 1. The summed E-state index contributed by atoms with van der Waals surface area (Å²) >= 11 is 0. The molecule has 4 nitrogen and oxygen atoms in total. The standard InChI is InChI=1S/C18H26N2O2Si/c1-18(2,3)23(4,5)22-13-15-10-11-17(21)20(15)16-9-7-6-8-14(16)12-19/h6-9,15H,10-11,13H2,1-5H3/t15-/m0/s1. The summed E-state index contributed by atoms with van der Waals surface area (Å²) < 4.78 is 6.31. The number of hydrogen-bond donors (Lipinski definition) is 0. The van der Waals surface area contributed by atoms with Crippen molar-refractivity contribution in [2.45, 2.75) is 57.8 Å². The Morgan fingerprint density at radius 2 is 2.00 bits per heavy atom. The Morgan fingerprint density at radius 3 is 2.61 bits per heavy atom. The van der Waals surface area contributed by atoms with Gasteiger partial charge in [0.25, 0.3) is 0 Å². The van der Waals surface area contributed by atoms with Gasteiger partial charge in [-0.15, -0.1) is 0 Å². The number of carbonyl (C=O) groups excluding carboxylic acids is 1. The number of amides is 1. The molecule has 1 aromatic rings. The highest BCUT2D eigenvalue weighted by molar-refractivity contribution is 6.74. The second-order valence-corrected chi connectivity index (χ2v) is 12.5. The lowest BCUT2D eigenvalue weighted by molar-refractivity contribution is -0.117. The summed E-state index contributed by atoms with van der Waals surface area (Å²) in [5.74, 6) is 0.0801. The molecule has 0 saturated carbocycles. The van der Waals surface area contributed by atoms with E-state index >= 15 is 0 Å². The van der Waals surface area contributed by atoms with Crippen molar-refractivity contribution in [2.75, 3.05) is 11.5 Å². The van der Waals surface area contributed by atoms with E-state index in [4.69, 9.17) is 4.43 Å². The van der Waals surface area contributed by atoms with Crippen LogP contribution in [0.25, 0.3) is 0 Å². The Morgan fingerprint density at radius 1 is 1.35 bits per heavy atom. The van der Waals surface area contributed by atoms with E-state index in [0.29, 0.717) is 24.3 Å². The molecule has 5 heteroatoms. The van der Waals surface area contributed by atoms with Crippen molar-refractivity contribution in [2.24, 2.45) is 0 Å². The van der Waals surface area contributed by atoms with Crippen LogP contribution in [0.5, 0.6) is 0 Å². The van der Waals surface area contributed by atoms with Crippen molar-refractivity contribution < 1.29 is 9.22 Å². The SMILES string of the molecule is CC(C)(C)[Si](C)(C)OC[C@@H]1CCC(=O)N1c1ccccc1C#N. The molecule has 1 amide bonds. The molecule has 1 saturated heterocycles. The van der Waals surface area contributed by atoms with Crippen LogP contribution in [0.3, 0.4) is 0 Å². The summed E-state index contributed by atoms with van der Waals surface area (Å²) in [6.07, 6.45) is 1.30. The fraction of sp³-hybridized carbons (Fsp3) is 0.556. The van der Waals surface area contributed by atoms with Crippen molar-refractivity contribution in [3.8, 4) is 6.07 Å². The first-order valence-electron chi connectivity index (χ1n) is 8.12. The van der Waals surface area contributed by atoms with Crippen LogP contribution in [-0.4, -0.2) is 26.9 Å². The Kier molecular flexibility index (Phi) is 4.97. The minimum absolute atomic E-state index is 0.0196. The Labute approximate surface area is 140 Å². The van der Waals surface area contributed by atoms with Gasteiger partial charge in [-0.05, 0) is 36.7 Å². The van der Waals surface area contributed by atoms with Gasteiger partial charge in [0, 0.05) is 6.42 Å². The maximum absolute atomic E-state index is 12.3. The number of anilines is 1. The van der Waals surface area contributed by atoms with E-state index in [2.05, 4.69) is 39.9 Å². The van der Waals surface area contributed by atoms with Gasteiger partial charge in [-0.3, -0.25) is 4.79 Å². The van der Waals surface area contributed by atoms with Crippen molar-refractivity contribution in [3.05, 3.63) is 29.8 Å². The summed E-state index contributed by atoms with van der Waals surface area (Å²) in [5, 5.41) is 9.45. The number of rotatable bonds is 4. The second-order valence-electron chi connectivity index (χ2n) is 7.66. The first kappa shape index (κ1) is 17.7. The Balaban J connectivity index is 2.20. The summed E-state index contributed by atoms with van der Waals surface area (Å²) in [5.41, 5.74) is 1.25. The van der Waals surface area contributed by atoms with Crippen molar-refractivity contribution in [1.29, 1.82) is 5.26 Å². The highest BCUT2D eigenvalue weighted by Gasteiger charge is 2.40. The first-order chi connectivity index (χ1) is 10.7. The van der Waals surface area contributed by atoms with E-state index in [9.17, 15) is 10.1 Å². The Bertz CT molecular complexity index is 629. The van der Waals surface area contributed by atoms with Crippen molar-refractivity contribution >= 4 is 19.9 Å². The van der Waals surface area contributed by atoms with Gasteiger partial charge >= 0.3 is 0 Å². The maximum atomic E-state index is 12.3. The number of nitriles is 1. The van der Waals surface area contributed by atoms with E-state index < -0.39 is 8.32 Å². The molecule has 0 bridgehead atoms. The fourth-order valence-electron chi connectivity index (χ4n) is 2.53. The Hall–Kier alpha value is -1.64. The zero-order valence-corrected chi connectivity index (χ0v) is 15.7. The lowest BCUT2D eigenvalue weighted by atomic mass is 10.1. The molecule has 0 aromatic heterocycles. The van der Waals surface area contributed by atoms with Gasteiger partial charge in [-0.1, -0.05) is 32.9 Å². The summed E-state index contributed by atoms with van der Waals surface area (Å²) in [4.78, 5) is 14.1. The molecule has 2 rings (SSSR count). The molecule has 1 aromatic carbocycles. The highest BCUT2D eigenvalue weighted by atomic mass is 28.4. The topological polar surface area (TPSA) is 53.3 Å². The van der Waals surface area contributed by atoms with Gasteiger partial charge in [0.2, 0.25) is 5.91 Å². The largest absolute Gasteiger partial charge is 0.415 e. The van der Waals surface area contributed by atoms with Crippen LogP contribution in [0, 0.1) is 11.3 Å². The summed E-state index contributed by atoms with van der Waals surface area (Å²) in [6.45, 7) is 11.6. The van der Waals surface area contributed by atoms with Gasteiger partial charge in [-0.25, -0.2) is 0 Å². The van der Waals surface area contributed by atoms with E-state index in [0.717, 1.165) is 6.42 Å². The molecule has 1 aliphatic heterocycles. The molecule has 0 radical (unpaired) electrons. The van der Waals surface area contributed by atoms with Crippen LogP contribution in [0.15, 0.2) is 24.3 Å². The second kappa shape index (κ2) is 6.46. The monoisotopic (exact) mass is 330 g/mol. The lowest BCUT2D eigenvalue weighted by Crippen LogP contribution is -2.45. The average molecular weight is 331 g/mol. The molecule has 0 aliphatic carbocycles. The molecule has 0 spiro atoms. The van der Waals surface area contributed by atoms with E-state index in [-0.39, 0.29) is 17.0 Å². The minimum Gasteiger partial charge on any atom is -0.415 e. The van der Waals surface area contributed by atoms with Gasteiger partial charge in [0.15, 0.2) is 8.32 Å². The predicted octanol–water partition coefficient (Wildman–Crippen LogP) is 4.08. The fourth-order valence-corrected chi connectivity index (χ4v) is 3.57. The lowest BCUT2D eigenvalue weighted by Gasteiger charge is -2.38. The zero-order valence-electron chi connectivity index (χ0n) is 14.7. The van der Waals surface area contributed by atoms with E-state index in [1.165, 1.54) is 0 Å². The smallest absolute Gasteiger partial charge is 0.227 e. The summed E-state index contributed by atoms with van der Waals surface area (Å²) in [7, 11) is -1.85. The van der Waals surface area contributed by atoms with Crippen molar-refractivity contribution in [3.63, 3.8) is 0 Å². The van der Waals surface area contributed by atoms with Gasteiger partial charge in [-0.2, -0.15) is 5.26 Å². The third-order valence-corrected chi connectivity index (χ3v) is 9.55. The normalized spacial score (nSPS) is 19.0. The summed E-state index contributed by atoms with van der Waals surface area (Å²) in [6, 6.07) is 9.50. The molecular weight excluding hydrogens is 304 g/mol. The van der Waals surface area contributed by atoms with Crippen LogP contribution in [0.1, 0.15) is 39.2 Å². The van der Waals surface area contributed by atoms with Gasteiger partial charge < -0.3 is 9.33 Å². The zero-order chi connectivity index (χ0) is 17.3. The van der Waals surface area contributed by atoms with E-state index in [1.807, 2.05) is 18.2 Å². The number of hydrogen-bond acceptors (Lipinski definition) is 3. The number of para-hydroxylation sites is 1. The third kappa shape index (κ3) is 3.65. The molecule has 1 fully saturated rings. The van der Waals surface area contributed by atoms with Crippen LogP contribution < -0.4 is 4.90 Å². The van der Waals surface area contributed by atoms with Crippen LogP contribution >= 0.6 is 0 Å². The highest BCUT2D eigenvalue weighted by Crippen LogP contribution is 2.37. The molecule has 0 unspecified atom stereocenters. The first-order valence-corrected chi connectivity index (χ1v) is 11.0. The maximum Gasteiger partial charge on any atom is 0.227 e. The molecule has 1 aliphatic rings. The predicted molar refractivity (Wildman–Crippen MR) is 94.8 cm³/mol. The van der Waals surface area contributed by atoms with Gasteiger partial charge in [0.1, 0.15) is 6.07 Å². The third-order valence-electron chi connectivity index (χ3n) is 5.05. The molecular formula is C18H26N2O2Si. The van der Waals surface area contributed by atoms with Crippen LogP contribution in [-0.2, 0) is 9.22 Å². The molecule has 1 heterocycles. The number of nitrogens with zero attached hydrogens (tertiary/aromatic N) is 2. The molecule has 1 atom stereocenters. The van der Waals surface area contributed by atoms with Crippen LogP contribution in [0.4, 0.5) is 5.69 Å². The quantitative estimate of drug-likeness (QED) is 0.782. The molecule has 23 heavy (non-hydrogen) atoms. The molecule has 0 N–H and O–H groups in total. The minimum atomic E-state index is -1.85. The van der Waals surface area contributed by atoms with Gasteiger partial charge in [0.05, 0.1) is 23.9 Å². The molecule has 124 valence electrons. The number of benzene rings is 1. The van der Waals surface area contributed by atoms with E-state index in [1.54, 1.807) is 11.0 Å². The van der Waals surface area contributed by atoms with Crippen LogP contribution in [0.2, 0.25) is 18.1 Å².